The summed E-state index contributed by atoms with van der Waals surface area (Å²) in [7, 11) is -1.30. The van der Waals surface area contributed by atoms with Crippen LogP contribution in [0.3, 0.4) is 0 Å². The SMILES string of the molecule is OCCCCCCCCC/C=C/B(O)O. The Balaban J connectivity index is 2.99. The Labute approximate surface area is 93.0 Å². The first kappa shape index (κ1) is 14.7. The van der Waals surface area contributed by atoms with Crippen LogP contribution in [0.4, 0.5) is 0 Å². The van der Waals surface area contributed by atoms with Crippen molar-refractivity contribution in [2.75, 3.05) is 6.61 Å². The van der Waals surface area contributed by atoms with Crippen molar-refractivity contribution in [1.82, 2.24) is 0 Å². The molecule has 0 unspecified atom stereocenters. The summed E-state index contributed by atoms with van der Waals surface area (Å²) in [5.41, 5.74) is 0. The van der Waals surface area contributed by atoms with Crippen LogP contribution in [0, 0.1) is 0 Å². The number of aliphatic hydroxyl groups excluding tert-OH is 1. The lowest BCUT2D eigenvalue weighted by molar-refractivity contribution is 0.282. The summed E-state index contributed by atoms with van der Waals surface area (Å²) in [5, 5.41) is 25.6. The summed E-state index contributed by atoms with van der Waals surface area (Å²) in [6.07, 6.45) is 10.8. The fourth-order valence-electron chi connectivity index (χ4n) is 1.48. The van der Waals surface area contributed by atoms with Crippen LogP contribution in [0.2, 0.25) is 0 Å². The number of rotatable bonds is 10. The highest BCUT2D eigenvalue weighted by atomic mass is 16.4. The average Bonchev–Trinajstić information content (AvgIpc) is 2.20. The molecular weight excluding hydrogens is 191 g/mol. The maximum atomic E-state index is 8.56. The van der Waals surface area contributed by atoms with Crippen molar-refractivity contribution in [2.24, 2.45) is 0 Å². The van der Waals surface area contributed by atoms with Crippen LogP contribution >= 0.6 is 0 Å². The van der Waals surface area contributed by atoms with Gasteiger partial charge in [-0.25, -0.2) is 0 Å². The number of unbranched alkanes of at least 4 members (excludes halogenated alkanes) is 7. The lowest BCUT2D eigenvalue weighted by Gasteiger charge is -1.99. The highest BCUT2D eigenvalue weighted by Crippen LogP contribution is 2.08. The third kappa shape index (κ3) is 13.7. The first-order chi connectivity index (χ1) is 7.27. The number of aliphatic hydroxyl groups is 1. The van der Waals surface area contributed by atoms with Crippen LogP contribution in [0.25, 0.3) is 0 Å². The first-order valence-corrected chi connectivity index (χ1v) is 5.91. The van der Waals surface area contributed by atoms with Crippen LogP contribution in [-0.4, -0.2) is 28.9 Å². The van der Waals surface area contributed by atoms with E-state index in [1.165, 1.54) is 31.7 Å². The van der Waals surface area contributed by atoms with Gasteiger partial charge in [0.25, 0.3) is 0 Å². The van der Waals surface area contributed by atoms with Crippen molar-refractivity contribution >= 4 is 7.12 Å². The second kappa shape index (κ2) is 11.8. The van der Waals surface area contributed by atoms with E-state index < -0.39 is 7.12 Å². The molecule has 0 rings (SSSR count). The molecule has 0 fully saturated rings. The standard InChI is InChI=1S/C11H23BO3/c13-11-9-7-5-3-1-2-4-6-8-10-12(14)15/h8,10,13-15H,1-7,9,11H2/b10-8+. The second-order valence-corrected chi connectivity index (χ2v) is 3.83. The Kier molecular flexibility index (Phi) is 11.5. The van der Waals surface area contributed by atoms with Gasteiger partial charge in [0.05, 0.1) is 0 Å². The van der Waals surface area contributed by atoms with Gasteiger partial charge in [0.2, 0.25) is 0 Å². The smallest absolute Gasteiger partial charge is 0.424 e. The molecule has 0 saturated carbocycles. The van der Waals surface area contributed by atoms with Gasteiger partial charge in [0.15, 0.2) is 0 Å². The fourth-order valence-corrected chi connectivity index (χ4v) is 1.48. The molecule has 3 N–H and O–H groups in total. The lowest BCUT2D eigenvalue weighted by atomic mass is 9.91. The van der Waals surface area contributed by atoms with Gasteiger partial charge >= 0.3 is 7.12 Å². The van der Waals surface area contributed by atoms with E-state index in [4.69, 9.17) is 15.2 Å². The van der Waals surface area contributed by atoms with Gasteiger partial charge in [-0.15, -0.1) is 0 Å². The van der Waals surface area contributed by atoms with Crippen molar-refractivity contribution < 1.29 is 15.2 Å². The van der Waals surface area contributed by atoms with Gasteiger partial charge in [-0.2, -0.15) is 0 Å². The molecule has 0 aromatic rings. The van der Waals surface area contributed by atoms with Crippen molar-refractivity contribution in [3.05, 3.63) is 12.1 Å². The quantitative estimate of drug-likeness (QED) is 0.383. The molecule has 3 nitrogen and oxygen atoms in total. The maximum Gasteiger partial charge on any atom is 0.480 e. The molecule has 0 radical (unpaired) electrons. The van der Waals surface area contributed by atoms with Crippen LogP contribution in [-0.2, 0) is 0 Å². The normalized spacial score (nSPS) is 11.1. The summed E-state index contributed by atoms with van der Waals surface area (Å²) < 4.78 is 0. The van der Waals surface area contributed by atoms with Crippen LogP contribution in [0.1, 0.15) is 51.4 Å². The van der Waals surface area contributed by atoms with E-state index in [-0.39, 0.29) is 0 Å². The summed E-state index contributed by atoms with van der Waals surface area (Å²) >= 11 is 0. The molecule has 88 valence electrons. The molecule has 0 aromatic heterocycles. The Morgan fingerprint density at radius 2 is 1.33 bits per heavy atom. The largest absolute Gasteiger partial charge is 0.480 e. The zero-order valence-corrected chi connectivity index (χ0v) is 9.44. The highest BCUT2D eigenvalue weighted by molar-refractivity contribution is 6.47. The van der Waals surface area contributed by atoms with Crippen LogP contribution in [0.15, 0.2) is 12.1 Å². The fraction of sp³-hybridized carbons (Fsp3) is 0.818. The number of allylic oxidation sites excluding steroid dienone is 1. The molecule has 4 heteroatoms. The van der Waals surface area contributed by atoms with Gasteiger partial charge in [-0.1, -0.05) is 44.2 Å². The minimum Gasteiger partial charge on any atom is -0.424 e. The molecular formula is C11H23BO3. The summed E-state index contributed by atoms with van der Waals surface area (Å²) in [6, 6.07) is 0. The van der Waals surface area contributed by atoms with E-state index in [0.29, 0.717) is 6.61 Å². The van der Waals surface area contributed by atoms with Crippen LogP contribution in [0.5, 0.6) is 0 Å². The molecule has 0 heterocycles. The number of hydrogen-bond acceptors (Lipinski definition) is 3. The average molecular weight is 214 g/mol. The predicted octanol–water partition coefficient (Wildman–Crippen LogP) is 1.67. The Hall–Kier alpha value is -0.315. The highest BCUT2D eigenvalue weighted by Gasteiger charge is 1.96. The third-order valence-electron chi connectivity index (χ3n) is 2.34. The zero-order valence-electron chi connectivity index (χ0n) is 9.44. The topological polar surface area (TPSA) is 60.7 Å². The first-order valence-electron chi connectivity index (χ1n) is 5.91. The van der Waals surface area contributed by atoms with Gasteiger partial charge in [0, 0.05) is 6.61 Å². The zero-order chi connectivity index (χ0) is 11.4. The molecule has 0 aliphatic heterocycles. The van der Waals surface area contributed by atoms with Gasteiger partial charge in [-0.3, -0.25) is 0 Å². The summed E-state index contributed by atoms with van der Waals surface area (Å²) in [6.45, 7) is 0.314. The van der Waals surface area contributed by atoms with E-state index in [1.807, 2.05) is 6.08 Å². The molecule has 15 heavy (non-hydrogen) atoms. The monoisotopic (exact) mass is 214 g/mol. The molecule has 0 atom stereocenters. The van der Waals surface area contributed by atoms with Crippen molar-refractivity contribution in [3.8, 4) is 0 Å². The molecule has 0 aliphatic carbocycles. The van der Waals surface area contributed by atoms with E-state index in [0.717, 1.165) is 25.7 Å². The summed E-state index contributed by atoms with van der Waals surface area (Å²) in [4.78, 5) is 0. The number of hydrogen-bond donors (Lipinski definition) is 3. The Morgan fingerprint density at radius 3 is 1.87 bits per heavy atom. The minimum atomic E-state index is -1.30. The lowest BCUT2D eigenvalue weighted by Crippen LogP contribution is -2.05. The molecule has 0 aromatic carbocycles. The van der Waals surface area contributed by atoms with E-state index >= 15 is 0 Å². The Morgan fingerprint density at radius 1 is 0.800 bits per heavy atom. The van der Waals surface area contributed by atoms with Gasteiger partial charge in [-0.05, 0) is 19.3 Å². The van der Waals surface area contributed by atoms with E-state index in [9.17, 15) is 0 Å². The maximum absolute atomic E-state index is 8.56. The van der Waals surface area contributed by atoms with E-state index in [2.05, 4.69) is 0 Å². The predicted molar refractivity (Wildman–Crippen MR) is 63.4 cm³/mol. The summed E-state index contributed by atoms with van der Waals surface area (Å²) in [5.74, 6) is 1.40. The third-order valence-corrected chi connectivity index (χ3v) is 2.34. The van der Waals surface area contributed by atoms with Crippen molar-refractivity contribution in [3.63, 3.8) is 0 Å². The molecule has 0 amide bonds. The molecule has 0 bridgehead atoms. The molecule has 0 saturated heterocycles. The molecule has 0 aliphatic rings. The van der Waals surface area contributed by atoms with Crippen molar-refractivity contribution in [2.45, 2.75) is 51.4 Å². The van der Waals surface area contributed by atoms with Gasteiger partial charge < -0.3 is 15.2 Å². The van der Waals surface area contributed by atoms with Gasteiger partial charge in [0.1, 0.15) is 0 Å². The molecule has 0 spiro atoms. The van der Waals surface area contributed by atoms with Crippen molar-refractivity contribution in [1.29, 1.82) is 0 Å². The minimum absolute atomic E-state index is 0.314. The Bertz CT molecular complexity index is 149. The van der Waals surface area contributed by atoms with E-state index in [1.54, 1.807) is 0 Å². The second-order valence-electron chi connectivity index (χ2n) is 3.83. The van der Waals surface area contributed by atoms with Crippen LogP contribution < -0.4 is 0 Å².